The standard InChI is InChI=1S/C14H20N2O/c1-3-15-6-8-16(9-7-15)14-5-4-13(11-17)12(2)10-14/h4-5,10-11H,3,6-9H2,1-2H3. The summed E-state index contributed by atoms with van der Waals surface area (Å²) in [5.74, 6) is 0. The molecule has 3 heteroatoms. The molecule has 1 fully saturated rings. The molecule has 0 radical (unpaired) electrons. The van der Waals surface area contributed by atoms with E-state index in [1.807, 2.05) is 13.0 Å². The minimum Gasteiger partial charge on any atom is -0.369 e. The fourth-order valence-electron chi connectivity index (χ4n) is 2.31. The topological polar surface area (TPSA) is 23.6 Å². The van der Waals surface area contributed by atoms with Gasteiger partial charge in [0.05, 0.1) is 0 Å². The van der Waals surface area contributed by atoms with E-state index in [4.69, 9.17) is 0 Å². The molecule has 3 nitrogen and oxygen atoms in total. The minimum atomic E-state index is 0.793. The van der Waals surface area contributed by atoms with E-state index in [-0.39, 0.29) is 0 Å². The Morgan fingerprint density at radius 3 is 2.47 bits per heavy atom. The van der Waals surface area contributed by atoms with E-state index in [0.29, 0.717) is 0 Å². The number of rotatable bonds is 3. The fraction of sp³-hybridized carbons (Fsp3) is 0.500. The number of hydrogen-bond donors (Lipinski definition) is 0. The zero-order valence-electron chi connectivity index (χ0n) is 10.6. The predicted molar refractivity (Wildman–Crippen MR) is 70.9 cm³/mol. The van der Waals surface area contributed by atoms with Crippen LogP contribution in [0.15, 0.2) is 18.2 Å². The first kappa shape index (κ1) is 12.1. The Hall–Kier alpha value is -1.35. The average molecular weight is 232 g/mol. The molecule has 0 atom stereocenters. The van der Waals surface area contributed by atoms with Crippen LogP contribution < -0.4 is 4.90 Å². The van der Waals surface area contributed by atoms with Crippen LogP contribution in [-0.2, 0) is 0 Å². The van der Waals surface area contributed by atoms with E-state index < -0.39 is 0 Å². The van der Waals surface area contributed by atoms with Gasteiger partial charge in [-0.2, -0.15) is 0 Å². The molecule has 92 valence electrons. The van der Waals surface area contributed by atoms with E-state index >= 15 is 0 Å². The second-order valence-corrected chi connectivity index (χ2v) is 4.58. The van der Waals surface area contributed by atoms with Crippen LogP contribution in [-0.4, -0.2) is 43.9 Å². The van der Waals surface area contributed by atoms with E-state index in [9.17, 15) is 4.79 Å². The van der Waals surface area contributed by atoms with E-state index in [2.05, 4.69) is 28.9 Å². The lowest BCUT2D eigenvalue weighted by atomic mass is 10.1. The Bertz CT molecular complexity index is 395. The molecule has 0 N–H and O–H groups in total. The van der Waals surface area contributed by atoms with Crippen LogP contribution in [0.5, 0.6) is 0 Å². The van der Waals surface area contributed by atoms with E-state index in [0.717, 1.165) is 50.1 Å². The maximum Gasteiger partial charge on any atom is 0.150 e. The van der Waals surface area contributed by atoms with Crippen LogP contribution in [0.1, 0.15) is 22.8 Å². The van der Waals surface area contributed by atoms with Gasteiger partial charge in [-0.3, -0.25) is 4.79 Å². The molecule has 0 spiro atoms. The van der Waals surface area contributed by atoms with Crippen molar-refractivity contribution in [1.29, 1.82) is 0 Å². The van der Waals surface area contributed by atoms with Gasteiger partial charge in [-0.15, -0.1) is 0 Å². The highest BCUT2D eigenvalue weighted by Crippen LogP contribution is 2.19. The summed E-state index contributed by atoms with van der Waals surface area (Å²) in [6, 6.07) is 6.09. The predicted octanol–water partition coefficient (Wildman–Crippen LogP) is 1.95. The number of benzene rings is 1. The molecule has 1 heterocycles. The Labute approximate surface area is 103 Å². The van der Waals surface area contributed by atoms with Crippen LogP contribution >= 0.6 is 0 Å². The second-order valence-electron chi connectivity index (χ2n) is 4.58. The first-order valence-electron chi connectivity index (χ1n) is 6.27. The third-order valence-electron chi connectivity index (χ3n) is 3.57. The van der Waals surface area contributed by atoms with Crippen LogP contribution in [0.25, 0.3) is 0 Å². The van der Waals surface area contributed by atoms with Crippen molar-refractivity contribution in [2.24, 2.45) is 0 Å². The summed E-state index contributed by atoms with van der Waals surface area (Å²) in [4.78, 5) is 15.6. The normalized spacial score (nSPS) is 17.2. The first-order chi connectivity index (χ1) is 8.24. The van der Waals surface area contributed by atoms with Crippen molar-refractivity contribution in [3.05, 3.63) is 29.3 Å². The zero-order valence-corrected chi connectivity index (χ0v) is 10.6. The highest BCUT2D eigenvalue weighted by molar-refractivity contribution is 5.78. The Balaban J connectivity index is 2.08. The number of piperazine rings is 1. The van der Waals surface area contributed by atoms with Crippen molar-refractivity contribution in [2.75, 3.05) is 37.6 Å². The molecule has 0 amide bonds. The molecule has 17 heavy (non-hydrogen) atoms. The number of carbonyl (C=O) groups excluding carboxylic acids is 1. The van der Waals surface area contributed by atoms with Crippen molar-refractivity contribution >= 4 is 12.0 Å². The monoisotopic (exact) mass is 232 g/mol. The summed E-state index contributed by atoms with van der Waals surface area (Å²) in [6.45, 7) is 9.75. The van der Waals surface area contributed by atoms with Gasteiger partial charge < -0.3 is 9.80 Å². The third kappa shape index (κ3) is 2.67. The van der Waals surface area contributed by atoms with Gasteiger partial charge in [0.15, 0.2) is 0 Å². The van der Waals surface area contributed by atoms with Gasteiger partial charge in [-0.1, -0.05) is 6.92 Å². The highest BCUT2D eigenvalue weighted by atomic mass is 16.1. The fourth-order valence-corrected chi connectivity index (χ4v) is 2.31. The lowest BCUT2D eigenvalue weighted by Crippen LogP contribution is -2.46. The van der Waals surface area contributed by atoms with Crippen molar-refractivity contribution in [3.8, 4) is 0 Å². The largest absolute Gasteiger partial charge is 0.369 e. The molecule has 0 unspecified atom stereocenters. The average Bonchev–Trinajstić information content (AvgIpc) is 2.39. The molecule has 0 aromatic heterocycles. The number of hydrogen-bond acceptors (Lipinski definition) is 3. The summed E-state index contributed by atoms with van der Waals surface area (Å²) in [7, 11) is 0. The molecule has 0 bridgehead atoms. The minimum absolute atomic E-state index is 0.793. The Kier molecular flexibility index (Phi) is 3.79. The second kappa shape index (κ2) is 5.32. The molecule has 2 rings (SSSR count). The van der Waals surface area contributed by atoms with Gasteiger partial charge in [-0.05, 0) is 37.2 Å². The maximum atomic E-state index is 10.8. The van der Waals surface area contributed by atoms with E-state index in [1.54, 1.807) is 0 Å². The molecule has 1 aromatic rings. The summed E-state index contributed by atoms with van der Waals surface area (Å²) < 4.78 is 0. The van der Waals surface area contributed by atoms with Crippen molar-refractivity contribution in [2.45, 2.75) is 13.8 Å². The molecule has 1 aliphatic rings. The number of anilines is 1. The first-order valence-corrected chi connectivity index (χ1v) is 6.27. The molecule has 1 aliphatic heterocycles. The number of likely N-dealkylation sites (N-methyl/N-ethyl adjacent to an activating group) is 1. The Morgan fingerprint density at radius 1 is 1.24 bits per heavy atom. The third-order valence-corrected chi connectivity index (χ3v) is 3.57. The summed E-state index contributed by atoms with van der Waals surface area (Å²) in [6.07, 6.45) is 0.925. The van der Waals surface area contributed by atoms with Gasteiger partial charge in [-0.25, -0.2) is 0 Å². The quantitative estimate of drug-likeness (QED) is 0.744. The van der Waals surface area contributed by atoms with Crippen LogP contribution in [0.4, 0.5) is 5.69 Å². The van der Waals surface area contributed by atoms with E-state index in [1.165, 1.54) is 5.69 Å². The van der Waals surface area contributed by atoms with Crippen LogP contribution in [0, 0.1) is 6.92 Å². The number of carbonyl (C=O) groups is 1. The smallest absolute Gasteiger partial charge is 0.150 e. The SMILES string of the molecule is CCN1CCN(c2ccc(C=O)c(C)c2)CC1. The molecule has 1 saturated heterocycles. The summed E-state index contributed by atoms with van der Waals surface area (Å²) in [5.41, 5.74) is 3.10. The van der Waals surface area contributed by atoms with Gasteiger partial charge in [0.25, 0.3) is 0 Å². The van der Waals surface area contributed by atoms with Crippen molar-refractivity contribution in [3.63, 3.8) is 0 Å². The van der Waals surface area contributed by atoms with Crippen molar-refractivity contribution < 1.29 is 4.79 Å². The van der Waals surface area contributed by atoms with Crippen molar-refractivity contribution in [1.82, 2.24) is 4.90 Å². The van der Waals surface area contributed by atoms with Crippen LogP contribution in [0.3, 0.4) is 0 Å². The van der Waals surface area contributed by atoms with Gasteiger partial charge >= 0.3 is 0 Å². The Morgan fingerprint density at radius 2 is 1.94 bits per heavy atom. The molecular formula is C14H20N2O. The molecule has 0 aliphatic carbocycles. The van der Waals surface area contributed by atoms with Gasteiger partial charge in [0.1, 0.15) is 6.29 Å². The lowest BCUT2D eigenvalue weighted by molar-refractivity contribution is 0.112. The molecule has 0 saturated carbocycles. The summed E-state index contributed by atoms with van der Waals surface area (Å²) in [5, 5.41) is 0. The zero-order chi connectivity index (χ0) is 12.3. The molecular weight excluding hydrogens is 212 g/mol. The van der Waals surface area contributed by atoms with Gasteiger partial charge in [0.2, 0.25) is 0 Å². The lowest BCUT2D eigenvalue weighted by Gasteiger charge is -2.35. The highest BCUT2D eigenvalue weighted by Gasteiger charge is 2.16. The molecule has 1 aromatic carbocycles. The summed E-state index contributed by atoms with van der Waals surface area (Å²) >= 11 is 0. The maximum absolute atomic E-state index is 10.8. The van der Waals surface area contributed by atoms with Crippen LogP contribution in [0.2, 0.25) is 0 Å². The number of nitrogens with zero attached hydrogens (tertiary/aromatic N) is 2. The number of aryl methyl sites for hydroxylation is 1. The number of aldehydes is 1. The van der Waals surface area contributed by atoms with Gasteiger partial charge in [0, 0.05) is 37.4 Å².